The molecular weight excluding hydrogens is 240 g/mol. The van der Waals surface area contributed by atoms with Gasteiger partial charge in [0.25, 0.3) is 0 Å². The number of likely N-dealkylation sites (tertiary alicyclic amines) is 1. The van der Waals surface area contributed by atoms with Crippen LogP contribution in [0.3, 0.4) is 0 Å². The van der Waals surface area contributed by atoms with Crippen LogP contribution in [0.2, 0.25) is 0 Å². The Labute approximate surface area is 112 Å². The van der Waals surface area contributed by atoms with E-state index < -0.39 is 0 Å². The normalized spacial score (nSPS) is 20.2. The maximum atomic E-state index is 10.7. The first-order valence-corrected chi connectivity index (χ1v) is 6.81. The number of hydrogen-bond donors (Lipinski definition) is 0. The second-order valence-corrected chi connectivity index (χ2v) is 5.17. The summed E-state index contributed by atoms with van der Waals surface area (Å²) in [7, 11) is 0. The Morgan fingerprint density at radius 3 is 3.11 bits per heavy atom. The van der Waals surface area contributed by atoms with Crippen molar-refractivity contribution in [3.05, 3.63) is 29.7 Å². The molecule has 5 nitrogen and oxygen atoms in total. The van der Waals surface area contributed by atoms with E-state index in [-0.39, 0.29) is 0 Å². The third-order valence-electron chi connectivity index (χ3n) is 3.93. The molecule has 0 bridgehead atoms. The number of rotatable bonds is 4. The fourth-order valence-corrected chi connectivity index (χ4v) is 2.79. The molecule has 0 spiro atoms. The van der Waals surface area contributed by atoms with Gasteiger partial charge in [-0.15, -0.1) is 10.2 Å². The minimum atomic E-state index is 0.643. The second kappa shape index (κ2) is 5.09. The first-order valence-electron chi connectivity index (χ1n) is 6.81. The number of carbonyl (C=O) groups is 1. The SMILES string of the molecule is CCN1CCC(Cc2nnc3cc(C=O)ccn23)C1. The van der Waals surface area contributed by atoms with E-state index in [0.717, 1.165) is 37.3 Å². The van der Waals surface area contributed by atoms with Gasteiger partial charge in [0.1, 0.15) is 12.1 Å². The Balaban J connectivity index is 1.80. The van der Waals surface area contributed by atoms with Crippen molar-refractivity contribution in [2.24, 2.45) is 5.92 Å². The maximum absolute atomic E-state index is 10.7. The fourth-order valence-electron chi connectivity index (χ4n) is 2.79. The molecule has 3 heterocycles. The Morgan fingerprint density at radius 1 is 1.47 bits per heavy atom. The monoisotopic (exact) mass is 258 g/mol. The molecule has 0 radical (unpaired) electrons. The summed E-state index contributed by atoms with van der Waals surface area (Å²) in [5.41, 5.74) is 1.40. The number of aromatic nitrogens is 3. The van der Waals surface area contributed by atoms with Gasteiger partial charge in [-0.3, -0.25) is 9.20 Å². The Bertz CT molecular complexity index is 592. The minimum absolute atomic E-state index is 0.643. The summed E-state index contributed by atoms with van der Waals surface area (Å²) in [5.74, 6) is 1.66. The zero-order valence-corrected chi connectivity index (χ0v) is 11.1. The Hall–Kier alpha value is -1.75. The number of pyridine rings is 1. The van der Waals surface area contributed by atoms with Gasteiger partial charge >= 0.3 is 0 Å². The minimum Gasteiger partial charge on any atom is -0.303 e. The third-order valence-corrected chi connectivity index (χ3v) is 3.93. The van der Waals surface area contributed by atoms with Crippen LogP contribution in [0, 0.1) is 5.92 Å². The number of nitrogens with zero attached hydrogens (tertiary/aromatic N) is 4. The van der Waals surface area contributed by atoms with Crippen LogP contribution in [0.1, 0.15) is 29.5 Å². The smallest absolute Gasteiger partial charge is 0.161 e. The number of hydrogen-bond acceptors (Lipinski definition) is 4. The zero-order chi connectivity index (χ0) is 13.2. The molecule has 1 aliphatic rings. The van der Waals surface area contributed by atoms with Crippen molar-refractivity contribution in [1.82, 2.24) is 19.5 Å². The standard InChI is InChI=1S/C14H18N4O/c1-2-17-5-3-11(9-17)7-13-15-16-14-8-12(10-19)4-6-18(13)14/h4,6,8,10-11H,2-3,5,7,9H2,1H3. The van der Waals surface area contributed by atoms with E-state index in [0.29, 0.717) is 11.5 Å². The molecule has 2 aromatic rings. The van der Waals surface area contributed by atoms with Crippen LogP contribution in [0.4, 0.5) is 0 Å². The number of carbonyl (C=O) groups excluding carboxylic acids is 1. The highest BCUT2D eigenvalue weighted by atomic mass is 16.1. The van der Waals surface area contributed by atoms with Gasteiger partial charge in [-0.25, -0.2) is 0 Å². The van der Waals surface area contributed by atoms with Gasteiger partial charge in [-0.1, -0.05) is 6.92 Å². The lowest BCUT2D eigenvalue weighted by Crippen LogP contribution is -2.20. The van der Waals surface area contributed by atoms with Gasteiger partial charge < -0.3 is 4.90 Å². The van der Waals surface area contributed by atoms with Gasteiger partial charge in [0.15, 0.2) is 5.65 Å². The first-order chi connectivity index (χ1) is 9.30. The summed E-state index contributed by atoms with van der Waals surface area (Å²) in [4.78, 5) is 13.2. The topological polar surface area (TPSA) is 50.5 Å². The maximum Gasteiger partial charge on any atom is 0.161 e. The van der Waals surface area contributed by atoms with Crippen LogP contribution in [-0.4, -0.2) is 45.4 Å². The predicted octanol–water partition coefficient (Wildman–Crippen LogP) is 1.43. The van der Waals surface area contributed by atoms with Crippen molar-refractivity contribution in [1.29, 1.82) is 0 Å². The molecule has 1 unspecified atom stereocenters. The average molecular weight is 258 g/mol. The Morgan fingerprint density at radius 2 is 2.37 bits per heavy atom. The van der Waals surface area contributed by atoms with E-state index in [1.807, 2.05) is 10.6 Å². The number of aldehydes is 1. The zero-order valence-electron chi connectivity index (χ0n) is 11.1. The van der Waals surface area contributed by atoms with Crippen LogP contribution in [-0.2, 0) is 6.42 Å². The lowest BCUT2D eigenvalue weighted by molar-refractivity contribution is 0.112. The van der Waals surface area contributed by atoms with Crippen LogP contribution >= 0.6 is 0 Å². The van der Waals surface area contributed by atoms with Crippen molar-refractivity contribution in [3.8, 4) is 0 Å². The van der Waals surface area contributed by atoms with Gasteiger partial charge in [0.2, 0.25) is 0 Å². The van der Waals surface area contributed by atoms with E-state index in [9.17, 15) is 4.79 Å². The molecule has 3 rings (SSSR count). The van der Waals surface area contributed by atoms with Crippen LogP contribution in [0.25, 0.3) is 5.65 Å². The van der Waals surface area contributed by atoms with Crippen molar-refractivity contribution < 1.29 is 4.79 Å². The molecule has 0 saturated carbocycles. The van der Waals surface area contributed by atoms with Crippen molar-refractivity contribution in [2.45, 2.75) is 19.8 Å². The van der Waals surface area contributed by atoms with E-state index >= 15 is 0 Å². The summed E-state index contributed by atoms with van der Waals surface area (Å²) in [6.45, 7) is 5.67. The van der Waals surface area contributed by atoms with Crippen molar-refractivity contribution in [2.75, 3.05) is 19.6 Å². The fraction of sp³-hybridized carbons (Fsp3) is 0.500. The van der Waals surface area contributed by atoms with Gasteiger partial charge in [0, 0.05) is 24.7 Å². The largest absolute Gasteiger partial charge is 0.303 e. The summed E-state index contributed by atoms with van der Waals surface area (Å²) < 4.78 is 1.99. The van der Waals surface area contributed by atoms with Gasteiger partial charge in [-0.2, -0.15) is 0 Å². The molecule has 19 heavy (non-hydrogen) atoms. The van der Waals surface area contributed by atoms with Crippen LogP contribution in [0.15, 0.2) is 18.3 Å². The van der Waals surface area contributed by atoms with E-state index in [2.05, 4.69) is 22.0 Å². The molecule has 1 atom stereocenters. The van der Waals surface area contributed by atoms with Crippen molar-refractivity contribution >= 4 is 11.9 Å². The Kier molecular flexibility index (Phi) is 3.29. The quantitative estimate of drug-likeness (QED) is 0.778. The molecule has 0 N–H and O–H groups in total. The molecule has 2 aromatic heterocycles. The molecule has 100 valence electrons. The molecule has 5 heteroatoms. The lowest BCUT2D eigenvalue weighted by atomic mass is 10.0. The first kappa shape index (κ1) is 12.3. The summed E-state index contributed by atoms with van der Waals surface area (Å²) in [6.07, 6.45) is 4.92. The second-order valence-electron chi connectivity index (χ2n) is 5.17. The molecule has 1 saturated heterocycles. The van der Waals surface area contributed by atoms with E-state index in [1.54, 1.807) is 12.1 Å². The van der Waals surface area contributed by atoms with E-state index in [4.69, 9.17) is 0 Å². The van der Waals surface area contributed by atoms with Gasteiger partial charge in [-0.05, 0) is 37.6 Å². The van der Waals surface area contributed by atoms with E-state index in [1.165, 1.54) is 13.0 Å². The molecule has 1 fully saturated rings. The molecule has 1 aliphatic heterocycles. The average Bonchev–Trinajstić information content (AvgIpc) is 3.06. The summed E-state index contributed by atoms with van der Waals surface area (Å²) >= 11 is 0. The van der Waals surface area contributed by atoms with Crippen LogP contribution < -0.4 is 0 Å². The predicted molar refractivity (Wildman–Crippen MR) is 72.3 cm³/mol. The summed E-state index contributed by atoms with van der Waals surface area (Å²) in [6, 6.07) is 3.58. The molecule has 0 aliphatic carbocycles. The molecule has 0 aromatic carbocycles. The summed E-state index contributed by atoms with van der Waals surface area (Å²) in [5, 5.41) is 8.41. The molecular formula is C14H18N4O. The lowest BCUT2D eigenvalue weighted by Gasteiger charge is -2.12. The van der Waals surface area contributed by atoms with Crippen molar-refractivity contribution in [3.63, 3.8) is 0 Å². The molecule has 0 amide bonds. The highest BCUT2D eigenvalue weighted by molar-refractivity contribution is 5.76. The van der Waals surface area contributed by atoms with Crippen LogP contribution in [0.5, 0.6) is 0 Å². The third kappa shape index (κ3) is 2.38. The highest BCUT2D eigenvalue weighted by Crippen LogP contribution is 2.20. The highest BCUT2D eigenvalue weighted by Gasteiger charge is 2.23. The number of fused-ring (bicyclic) bond motifs is 1. The van der Waals surface area contributed by atoms with Gasteiger partial charge in [0.05, 0.1) is 0 Å².